The molecule has 4 rings (SSSR count). The molecule has 0 saturated carbocycles. The van der Waals surface area contributed by atoms with Crippen LogP contribution < -0.4 is 5.56 Å². The fraction of sp³-hybridized carbons (Fsp3) is 0.579. The SMILES string of the molecule is Cc1noc(C)c1CC(=O)N1CCC[C@H](c2cc(=O)nc3n2CCC3)C1. The zero-order chi connectivity index (χ0) is 18.3. The molecule has 2 aromatic rings. The number of rotatable bonds is 3. The highest BCUT2D eigenvalue weighted by atomic mass is 16.5. The topological polar surface area (TPSA) is 81.2 Å². The summed E-state index contributed by atoms with van der Waals surface area (Å²) in [6.45, 7) is 6.05. The third kappa shape index (κ3) is 3.06. The number of carbonyl (C=O) groups excluding carboxylic acids is 1. The fourth-order valence-electron chi connectivity index (χ4n) is 4.22. The van der Waals surface area contributed by atoms with Crippen molar-refractivity contribution in [2.24, 2.45) is 0 Å². The van der Waals surface area contributed by atoms with Gasteiger partial charge in [-0.25, -0.2) is 0 Å². The molecule has 1 fully saturated rings. The predicted octanol–water partition coefficient (Wildman–Crippen LogP) is 1.74. The van der Waals surface area contributed by atoms with E-state index in [1.807, 2.05) is 18.7 Å². The number of aromatic nitrogens is 3. The van der Waals surface area contributed by atoms with Gasteiger partial charge in [0.25, 0.3) is 5.56 Å². The molecule has 0 spiro atoms. The minimum atomic E-state index is -0.160. The van der Waals surface area contributed by atoms with E-state index in [-0.39, 0.29) is 17.4 Å². The Hall–Kier alpha value is -2.44. The number of hydrogen-bond donors (Lipinski definition) is 0. The van der Waals surface area contributed by atoms with Crippen LogP contribution in [0.25, 0.3) is 0 Å². The number of aryl methyl sites for hydroxylation is 3. The van der Waals surface area contributed by atoms with Crippen molar-refractivity contribution < 1.29 is 9.32 Å². The lowest BCUT2D eigenvalue weighted by Crippen LogP contribution is -2.41. The molecule has 138 valence electrons. The number of likely N-dealkylation sites (tertiary alicyclic amines) is 1. The summed E-state index contributed by atoms with van der Waals surface area (Å²) in [5.41, 5.74) is 2.56. The number of hydrogen-bond acceptors (Lipinski definition) is 5. The van der Waals surface area contributed by atoms with Gasteiger partial charge in [0, 0.05) is 49.3 Å². The Morgan fingerprint density at radius 1 is 1.31 bits per heavy atom. The van der Waals surface area contributed by atoms with E-state index in [1.54, 1.807) is 6.07 Å². The van der Waals surface area contributed by atoms with Crippen LogP contribution >= 0.6 is 0 Å². The van der Waals surface area contributed by atoms with Crippen LogP contribution in [0.2, 0.25) is 0 Å². The van der Waals surface area contributed by atoms with Crippen molar-refractivity contribution in [3.63, 3.8) is 0 Å². The molecule has 0 bridgehead atoms. The maximum atomic E-state index is 12.8. The lowest BCUT2D eigenvalue weighted by molar-refractivity contribution is -0.131. The van der Waals surface area contributed by atoms with E-state index in [0.29, 0.717) is 18.7 Å². The summed E-state index contributed by atoms with van der Waals surface area (Å²) in [7, 11) is 0. The summed E-state index contributed by atoms with van der Waals surface area (Å²) in [5.74, 6) is 1.90. The van der Waals surface area contributed by atoms with Gasteiger partial charge in [0.05, 0.1) is 12.1 Å². The Balaban J connectivity index is 1.53. The Morgan fingerprint density at radius 3 is 2.92 bits per heavy atom. The van der Waals surface area contributed by atoms with Crippen LogP contribution in [0, 0.1) is 13.8 Å². The molecule has 2 aromatic heterocycles. The second kappa shape index (κ2) is 6.70. The van der Waals surface area contributed by atoms with Crippen LogP contribution in [-0.4, -0.2) is 38.6 Å². The Labute approximate surface area is 152 Å². The Morgan fingerprint density at radius 2 is 2.15 bits per heavy atom. The highest BCUT2D eigenvalue weighted by Gasteiger charge is 2.29. The monoisotopic (exact) mass is 356 g/mol. The molecule has 0 unspecified atom stereocenters. The molecule has 2 aliphatic heterocycles. The van der Waals surface area contributed by atoms with Gasteiger partial charge in [0.15, 0.2) is 0 Å². The maximum absolute atomic E-state index is 12.8. The van der Waals surface area contributed by atoms with Crippen molar-refractivity contribution in [1.29, 1.82) is 0 Å². The number of nitrogens with zero attached hydrogens (tertiary/aromatic N) is 4. The number of fused-ring (bicyclic) bond motifs is 1. The van der Waals surface area contributed by atoms with E-state index in [0.717, 1.165) is 61.5 Å². The third-order valence-corrected chi connectivity index (χ3v) is 5.62. The van der Waals surface area contributed by atoms with Crippen LogP contribution in [0.5, 0.6) is 0 Å². The first-order valence-corrected chi connectivity index (χ1v) is 9.33. The van der Waals surface area contributed by atoms with Gasteiger partial charge >= 0.3 is 0 Å². The number of carbonyl (C=O) groups is 1. The molecule has 2 aliphatic rings. The average Bonchev–Trinajstić information content (AvgIpc) is 3.22. The standard InChI is InChI=1S/C19H24N4O3/c1-12-15(13(2)26-21-12)9-19(25)22-7-3-5-14(11-22)16-10-18(24)20-17-6-4-8-23(16)17/h10,14H,3-9,11H2,1-2H3/t14-/m0/s1. The molecule has 4 heterocycles. The smallest absolute Gasteiger partial charge is 0.273 e. The van der Waals surface area contributed by atoms with Crippen LogP contribution in [0.15, 0.2) is 15.4 Å². The van der Waals surface area contributed by atoms with Gasteiger partial charge in [-0.05, 0) is 33.1 Å². The molecule has 7 nitrogen and oxygen atoms in total. The zero-order valence-electron chi connectivity index (χ0n) is 15.3. The molecular weight excluding hydrogens is 332 g/mol. The average molecular weight is 356 g/mol. The highest BCUT2D eigenvalue weighted by molar-refractivity contribution is 5.79. The molecule has 1 saturated heterocycles. The van der Waals surface area contributed by atoms with Crippen molar-refractivity contribution in [3.8, 4) is 0 Å². The third-order valence-electron chi connectivity index (χ3n) is 5.62. The summed E-state index contributed by atoms with van der Waals surface area (Å²) in [4.78, 5) is 30.9. The molecule has 1 amide bonds. The molecule has 0 aliphatic carbocycles. The predicted molar refractivity (Wildman–Crippen MR) is 95.1 cm³/mol. The first kappa shape index (κ1) is 17.0. The number of piperidine rings is 1. The quantitative estimate of drug-likeness (QED) is 0.837. The molecular formula is C19H24N4O3. The van der Waals surface area contributed by atoms with E-state index in [1.165, 1.54) is 0 Å². The Bertz CT molecular complexity index is 879. The molecule has 0 aromatic carbocycles. The first-order chi connectivity index (χ1) is 12.5. The Kier molecular flexibility index (Phi) is 4.38. The summed E-state index contributed by atoms with van der Waals surface area (Å²) < 4.78 is 7.36. The van der Waals surface area contributed by atoms with E-state index in [2.05, 4.69) is 14.7 Å². The van der Waals surface area contributed by atoms with Gasteiger partial charge in [-0.3, -0.25) is 9.59 Å². The van der Waals surface area contributed by atoms with E-state index in [4.69, 9.17) is 4.52 Å². The summed E-state index contributed by atoms with van der Waals surface area (Å²) in [6, 6.07) is 1.67. The van der Waals surface area contributed by atoms with Crippen LogP contribution in [-0.2, 0) is 24.2 Å². The van der Waals surface area contributed by atoms with Gasteiger partial charge in [-0.2, -0.15) is 4.98 Å². The zero-order valence-corrected chi connectivity index (χ0v) is 15.3. The minimum Gasteiger partial charge on any atom is -0.361 e. The van der Waals surface area contributed by atoms with Gasteiger partial charge in [0.1, 0.15) is 11.6 Å². The fourth-order valence-corrected chi connectivity index (χ4v) is 4.22. The molecule has 26 heavy (non-hydrogen) atoms. The first-order valence-electron chi connectivity index (χ1n) is 9.33. The summed E-state index contributed by atoms with van der Waals surface area (Å²) in [5, 5.41) is 3.94. The lowest BCUT2D eigenvalue weighted by atomic mass is 9.93. The van der Waals surface area contributed by atoms with Crippen molar-refractivity contribution in [3.05, 3.63) is 45.0 Å². The second-order valence-electron chi connectivity index (χ2n) is 7.35. The van der Waals surface area contributed by atoms with E-state index in [9.17, 15) is 9.59 Å². The summed E-state index contributed by atoms with van der Waals surface area (Å²) >= 11 is 0. The van der Waals surface area contributed by atoms with Crippen LogP contribution in [0.1, 0.15) is 53.7 Å². The van der Waals surface area contributed by atoms with Gasteiger partial charge < -0.3 is 14.0 Å². The maximum Gasteiger partial charge on any atom is 0.273 e. The van der Waals surface area contributed by atoms with E-state index < -0.39 is 0 Å². The van der Waals surface area contributed by atoms with Crippen LogP contribution in [0.3, 0.4) is 0 Å². The van der Waals surface area contributed by atoms with Gasteiger partial charge in [-0.1, -0.05) is 5.16 Å². The van der Waals surface area contributed by atoms with Crippen molar-refractivity contribution >= 4 is 5.91 Å². The molecule has 0 radical (unpaired) electrons. The minimum absolute atomic E-state index is 0.0992. The molecule has 7 heteroatoms. The molecule has 0 N–H and O–H groups in total. The highest BCUT2D eigenvalue weighted by Crippen LogP contribution is 2.29. The van der Waals surface area contributed by atoms with Gasteiger partial charge in [-0.15, -0.1) is 0 Å². The number of amides is 1. The lowest BCUT2D eigenvalue weighted by Gasteiger charge is -2.34. The van der Waals surface area contributed by atoms with Crippen molar-refractivity contribution in [1.82, 2.24) is 19.6 Å². The van der Waals surface area contributed by atoms with E-state index >= 15 is 0 Å². The van der Waals surface area contributed by atoms with Crippen molar-refractivity contribution in [2.75, 3.05) is 13.1 Å². The largest absolute Gasteiger partial charge is 0.361 e. The second-order valence-corrected chi connectivity index (χ2v) is 7.35. The van der Waals surface area contributed by atoms with Crippen molar-refractivity contribution in [2.45, 2.75) is 58.4 Å². The summed E-state index contributed by atoms with van der Waals surface area (Å²) in [6.07, 6.45) is 4.17. The molecule has 1 atom stereocenters. The van der Waals surface area contributed by atoms with Gasteiger partial charge in [0.2, 0.25) is 5.91 Å². The normalized spacial score (nSPS) is 19.6. The van der Waals surface area contributed by atoms with Crippen LogP contribution in [0.4, 0.5) is 0 Å².